The van der Waals surface area contributed by atoms with Crippen LogP contribution in [0, 0.1) is 0 Å². The zero-order chi connectivity index (χ0) is 9.94. The Bertz CT molecular complexity index is 101. The number of aliphatic hydroxyl groups is 1. The molecule has 0 amide bonds. The van der Waals surface area contributed by atoms with E-state index in [4.69, 9.17) is 5.11 Å². The predicted octanol–water partition coefficient (Wildman–Crippen LogP) is 3.44. The topological polar surface area (TPSA) is 20.2 Å². The minimum atomic E-state index is -0.259. The summed E-state index contributed by atoms with van der Waals surface area (Å²) in [6.07, 6.45) is 7.70. The van der Waals surface area contributed by atoms with Gasteiger partial charge in [-0.3, -0.25) is 0 Å². The van der Waals surface area contributed by atoms with Gasteiger partial charge >= 0.3 is 0 Å². The van der Waals surface area contributed by atoms with E-state index in [1.54, 1.807) is 0 Å². The first-order chi connectivity index (χ1) is 6.31. The van der Waals surface area contributed by atoms with Crippen molar-refractivity contribution in [2.24, 2.45) is 0 Å². The molecule has 0 aromatic carbocycles. The number of hydrogen-bond donors (Lipinski definition) is 1. The molecule has 0 aromatic rings. The first kappa shape index (κ1) is 13.4. The van der Waals surface area contributed by atoms with Gasteiger partial charge in [0.05, 0.1) is 0 Å². The van der Waals surface area contributed by atoms with E-state index in [-0.39, 0.29) is 11.5 Å². The summed E-state index contributed by atoms with van der Waals surface area (Å²) in [7, 11) is 0. The standard InChI is InChI=1S/C10H20BrFO/c11-10(9-12)7-5-3-1-2-4-6-8-13/h10,13H,1-9H2. The molecule has 0 saturated carbocycles. The van der Waals surface area contributed by atoms with Crippen LogP contribution in [0.5, 0.6) is 0 Å². The lowest BCUT2D eigenvalue weighted by Crippen LogP contribution is -1.99. The average Bonchev–Trinajstić information content (AvgIpc) is 2.16. The van der Waals surface area contributed by atoms with Crippen LogP contribution >= 0.6 is 15.9 Å². The van der Waals surface area contributed by atoms with Crippen molar-refractivity contribution in [1.82, 2.24) is 0 Å². The van der Waals surface area contributed by atoms with Gasteiger partial charge in [0, 0.05) is 11.4 Å². The lowest BCUT2D eigenvalue weighted by atomic mass is 10.1. The molecule has 0 spiro atoms. The lowest BCUT2D eigenvalue weighted by molar-refractivity contribution is 0.282. The van der Waals surface area contributed by atoms with Gasteiger partial charge in [-0.2, -0.15) is 0 Å². The maximum Gasteiger partial charge on any atom is 0.102 e. The number of aliphatic hydroxyl groups excluding tert-OH is 1. The van der Waals surface area contributed by atoms with Crippen molar-refractivity contribution in [3.63, 3.8) is 0 Å². The monoisotopic (exact) mass is 254 g/mol. The van der Waals surface area contributed by atoms with Gasteiger partial charge in [0.25, 0.3) is 0 Å². The summed E-state index contributed by atoms with van der Waals surface area (Å²) in [6.45, 7) is 0.0514. The molecule has 1 nitrogen and oxygen atoms in total. The average molecular weight is 255 g/mol. The quantitative estimate of drug-likeness (QED) is 0.494. The summed E-state index contributed by atoms with van der Waals surface area (Å²) in [5.74, 6) is 0. The molecule has 80 valence electrons. The second-order valence-electron chi connectivity index (χ2n) is 3.39. The Morgan fingerprint density at radius 3 is 2.08 bits per heavy atom. The highest BCUT2D eigenvalue weighted by Gasteiger charge is 2.01. The summed E-state index contributed by atoms with van der Waals surface area (Å²) in [6, 6.07) is 0. The predicted molar refractivity (Wildman–Crippen MR) is 58.1 cm³/mol. The molecule has 1 N–H and O–H groups in total. The van der Waals surface area contributed by atoms with Crippen LogP contribution in [0.15, 0.2) is 0 Å². The van der Waals surface area contributed by atoms with Crippen LogP contribution in [-0.2, 0) is 0 Å². The molecule has 0 fully saturated rings. The normalized spacial score (nSPS) is 13.2. The molecule has 1 atom stereocenters. The smallest absolute Gasteiger partial charge is 0.102 e. The van der Waals surface area contributed by atoms with Gasteiger partial charge in [-0.15, -0.1) is 0 Å². The molecule has 0 saturated heterocycles. The lowest BCUT2D eigenvalue weighted by Gasteiger charge is -2.04. The second kappa shape index (κ2) is 10.5. The Kier molecular flexibility index (Phi) is 10.7. The molecule has 1 unspecified atom stereocenters. The van der Waals surface area contributed by atoms with Gasteiger partial charge in [0.2, 0.25) is 0 Å². The Hall–Kier alpha value is 0.370. The fraction of sp³-hybridized carbons (Fsp3) is 1.00. The van der Waals surface area contributed by atoms with Crippen LogP contribution in [0.4, 0.5) is 4.39 Å². The van der Waals surface area contributed by atoms with Crippen LogP contribution in [0.3, 0.4) is 0 Å². The highest BCUT2D eigenvalue weighted by atomic mass is 79.9. The minimum Gasteiger partial charge on any atom is -0.396 e. The molecule has 0 heterocycles. The Labute approximate surface area is 88.9 Å². The van der Waals surface area contributed by atoms with E-state index < -0.39 is 0 Å². The van der Waals surface area contributed by atoms with Crippen molar-refractivity contribution in [3.05, 3.63) is 0 Å². The van der Waals surface area contributed by atoms with Crippen LogP contribution in [-0.4, -0.2) is 23.2 Å². The first-order valence-corrected chi connectivity index (χ1v) is 6.03. The Morgan fingerprint density at radius 2 is 1.54 bits per heavy atom. The third-order valence-corrected chi connectivity index (χ3v) is 2.80. The summed E-state index contributed by atoms with van der Waals surface area (Å²) in [5.41, 5.74) is 0. The van der Waals surface area contributed by atoms with E-state index in [1.807, 2.05) is 0 Å². The largest absolute Gasteiger partial charge is 0.396 e. The van der Waals surface area contributed by atoms with E-state index in [0.29, 0.717) is 6.61 Å². The summed E-state index contributed by atoms with van der Waals surface area (Å²) in [4.78, 5) is 0.0601. The van der Waals surface area contributed by atoms with Gasteiger partial charge in [-0.25, -0.2) is 4.39 Å². The van der Waals surface area contributed by atoms with Crippen molar-refractivity contribution in [3.8, 4) is 0 Å². The third kappa shape index (κ3) is 10.3. The highest BCUT2D eigenvalue weighted by Crippen LogP contribution is 2.13. The molecule has 0 radical (unpaired) electrons. The molecule has 0 aliphatic heterocycles. The zero-order valence-electron chi connectivity index (χ0n) is 8.14. The van der Waals surface area contributed by atoms with E-state index >= 15 is 0 Å². The van der Waals surface area contributed by atoms with Crippen LogP contribution in [0.25, 0.3) is 0 Å². The highest BCUT2D eigenvalue weighted by molar-refractivity contribution is 9.09. The molecule has 0 aromatic heterocycles. The summed E-state index contributed by atoms with van der Waals surface area (Å²) >= 11 is 3.26. The number of rotatable bonds is 9. The van der Waals surface area contributed by atoms with Gasteiger partial charge in [0.1, 0.15) is 6.67 Å². The fourth-order valence-electron chi connectivity index (χ4n) is 1.26. The number of halogens is 2. The molecule has 3 heteroatoms. The fourth-order valence-corrected chi connectivity index (χ4v) is 1.59. The molecule has 0 bridgehead atoms. The number of hydrogen-bond acceptors (Lipinski definition) is 1. The first-order valence-electron chi connectivity index (χ1n) is 5.12. The van der Waals surface area contributed by atoms with Crippen molar-refractivity contribution in [2.75, 3.05) is 13.3 Å². The van der Waals surface area contributed by atoms with Gasteiger partial charge in [-0.1, -0.05) is 48.0 Å². The molecule has 0 rings (SSSR count). The molecular formula is C10H20BrFO. The van der Waals surface area contributed by atoms with E-state index in [0.717, 1.165) is 25.7 Å². The van der Waals surface area contributed by atoms with Crippen LogP contribution in [0.2, 0.25) is 0 Å². The van der Waals surface area contributed by atoms with E-state index in [2.05, 4.69) is 15.9 Å². The number of alkyl halides is 2. The van der Waals surface area contributed by atoms with Crippen molar-refractivity contribution in [1.29, 1.82) is 0 Å². The minimum absolute atomic E-state index is 0.0601. The number of unbranched alkanes of at least 4 members (excludes halogenated alkanes) is 5. The van der Waals surface area contributed by atoms with Crippen LogP contribution in [0.1, 0.15) is 44.9 Å². The van der Waals surface area contributed by atoms with Crippen molar-refractivity contribution < 1.29 is 9.50 Å². The summed E-state index contributed by atoms with van der Waals surface area (Å²) in [5, 5.41) is 8.53. The molecular weight excluding hydrogens is 235 g/mol. The Morgan fingerprint density at radius 1 is 1.00 bits per heavy atom. The van der Waals surface area contributed by atoms with Gasteiger partial charge < -0.3 is 5.11 Å². The maximum absolute atomic E-state index is 12.0. The van der Waals surface area contributed by atoms with Gasteiger partial charge in [-0.05, 0) is 12.8 Å². The van der Waals surface area contributed by atoms with Crippen molar-refractivity contribution in [2.45, 2.75) is 49.8 Å². The van der Waals surface area contributed by atoms with Gasteiger partial charge in [0.15, 0.2) is 0 Å². The molecule has 0 aliphatic rings. The second-order valence-corrected chi connectivity index (χ2v) is 4.68. The summed E-state index contributed by atoms with van der Waals surface area (Å²) < 4.78 is 12.0. The third-order valence-electron chi connectivity index (χ3n) is 2.09. The van der Waals surface area contributed by atoms with E-state index in [1.165, 1.54) is 19.3 Å². The zero-order valence-corrected chi connectivity index (χ0v) is 9.73. The molecule has 0 aliphatic carbocycles. The van der Waals surface area contributed by atoms with Crippen LogP contribution < -0.4 is 0 Å². The maximum atomic E-state index is 12.0. The van der Waals surface area contributed by atoms with Crippen molar-refractivity contribution >= 4 is 15.9 Å². The SMILES string of the molecule is OCCCCCCCCC(Br)CF. The molecule has 13 heavy (non-hydrogen) atoms. The Balaban J connectivity index is 2.91. The van der Waals surface area contributed by atoms with E-state index in [9.17, 15) is 4.39 Å².